The number of hydrogen-bond donors (Lipinski definition) is 0. The summed E-state index contributed by atoms with van der Waals surface area (Å²) < 4.78 is 1.89. The average molecular weight is 306 g/mol. The van der Waals surface area contributed by atoms with Crippen molar-refractivity contribution in [3.8, 4) is 0 Å². The second-order valence-electron chi connectivity index (χ2n) is 6.05. The van der Waals surface area contributed by atoms with Crippen molar-refractivity contribution < 1.29 is 4.79 Å². The molecule has 1 amide bonds. The molecule has 5 heteroatoms. The van der Waals surface area contributed by atoms with E-state index < -0.39 is 0 Å². The van der Waals surface area contributed by atoms with Crippen LogP contribution in [0.1, 0.15) is 22.4 Å². The van der Waals surface area contributed by atoms with Crippen molar-refractivity contribution in [1.29, 1.82) is 0 Å². The fourth-order valence-electron chi connectivity index (χ4n) is 3.29. The second-order valence-corrected chi connectivity index (χ2v) is 6.05. The third-order valence-electron chi connectivity index (χ3n) is 4.49. The first-order chi connectivity index (χ1) is 11.1. The van der Waals surface area contributed by atoms with Gasteiger partial charge in [-0.15, -0.1) is 0 Å². The van der Waals surface area contributed by atoms with Crippen LogP contribution in [0, 0.1) is 6.92 Å². The summed E-state index contributed by atoms with van der Waals surface area (Å²) in [4.78, 5) is 23.2. The molecule has 0 bridgehead atoms. The molecule has 116 valence electrons. The van der Waals surface area contributed by atoms with E-state index in [4.69, 9.17) is 0 Å². The Morgan fingerprint density at radius 2 is 2.13 bits per heavy atom. The lowest BCUT2D eigenvalue weighted by atomic mass is 9.92. The smallest absolute Gasteiger partial charge is 0.248 e. The monoisotopic (exact) mass is 306 g/mol. The van der Waals surface area contributed by atoms with Gasteiger partial charge >= 0.3 is 0 Å². The van der Waals surface area contributed by atoms with Gasteiger partial charge in [0.05, 0.1) is 17.7 Å². The number of imidazole rings is 1. The van der Waals surface area contributed by atoms with Gasteiger partial charge in [-0.05, 0) is 30.5 Å². The Kier molecular flexibility index (Phi) is 3.15. The highest BCUT2D eigenvalue weighted by Gasteiger charge is 2.28. The van der Waals surface area contributed by atoms with Gasteiger partial charge < -0.3 is 9.47 Å². The van der Waals surface area contributed by atoms with E-state index in [1.807, 2.05) is 34.9 Å². The van der Waals surface area contributed by atoms with Gasteiger partial charge in [0.15, 0.2) is 0 Å². The van der Waals surface area contributed by atoms with E-state index in [1.54, 1.807) is 6.33 Å². The molecule has 23 heavy (non-hydrogen) atoms. The summed E-state index contributed by atoms with van der Waals surface area (Å²) in [5.41, 5.74) is 6.25. The molecule has 0 fully saturated rings. The number of fused-ring (bicyclic) bond motifs is 3. The molecule has 2 aliphatic rings. The van der Waals surface area contributed by atoms with E-state index >= 15 is 0 Å². The molecule has 0 saturated heterocycles. The number of aryl methyl sites for hydroxylation is 2. The zero-order valence-electron chi connectivity index (χ0n) is 13.3. The Morgan fingerprint density at radius 1 is 1.26 bits per heavy atom. The number of aliphatic imine (C=N–C) groups is 1. The largest absolute Gasteiger partial charge is 0.340 e. The molecule has 0 spiro atoms. The number of rotatable bonds is 1. The third-order valence-corrected chi connectivity index (χ3v) is 4.49. The van der Waals surface area contributed by atoms with Crippen LogP contribution in [-0.4, -0.2) is 39.2 Å². The van der Waals surface area contributed by atoms with Gasteiger partial charge in [-0.1, -0.05) is 18.2 Å². The molecule has 0 radical (unpaired) electrons. The summed E-state index contributed by atoms with van der Waals surface area (Å²) in [6.45, 7) is 3.02. The number of aromatic nitrogens is 2. The molecule has 5 nitrogen and oxygen atoms in total. The molecular weight excluding hydrogens is 288 g/mol. The number of carbonyl (C=O) groups is 1. The molecule has 4 rings (SSSR count). The summed E-state index contributed by atoms with van der Waals surface area (Å²) in [5.74, 6) is 0.0503. The lowest BCUT2D eigenvalue weighted by Crippen LogP contribution is -2.36. The number of nitrogens with zero attached hydrogens (tertiary/aromatic N) is 4. The first kappa shape index (κ1) is 13.9. The summed E-state index contributed by atoms with van der Waals surface area (Å²) in [6.07, 6.45) is 6.57. The molecule has 0 saturated carbocycles. The highest BCUT2D eigenvalue weighted by molar-refractivity contribution is 6.14. The summed E-state index contributed by atoms with van der Waals surface area (Å²) in [6, 6.07) is 6.27. The standard InChI is InChI=1S/C18H18N4O/c1-12-4-3-5-14-13(12)6-7-22-17(14)8-15(19-9-18(22)23)16-10-21(2)11-20-16/h3-5,8,10-11H,6-7,9H2,1-2H3. The van der Waals surface area contributed by atoms with Gasteiger partial charge in [-0.2, -0.15) is 0 Å². The Hall–Kier alpha value is -2.69. The Bertz CT molecular complexity index is 860. The molecule has 2 aliphatic heterocycles. The van der Waals surface area contributed by atoms with Gasteiger partial charge in [0, 0.05) is 25.4 Å². The van der Waals surface area contributed by atoms with E-state index in [1.165, 1.54) is 11.1 Å². The van der Waals surface area contributed by atoms with Crippen molar-refractivity contribution in [1.82, 2.24) is 14.5 Å². The molecule has 0 unspecified atom stereocenters. The topological polar surface area (TPSA) is 50.5 Å². The SMILES string of the molecule is Cc1cccc2c1CCN1C(=O)CN=C(c3cn(C)cn3)C=C21. The fraction of sp³-hybridized carbons (Fsp3) is 0.278. The summed E-state index contributed by atoms with van der Waals surface area (Å²) >= 11 is 0. The van der Waals surface area contributed by atoms with Crippen LogP contribution in [0.2, 0.25) is 0 Å². The molecule has 3 heterocycles. The normalized spacial score (nSPS) is 17.1. The van der Waals surface area contributed by atoms with Gasteiger partial charge in [-0.25, -0.2) is 4.98 Å². The minimum absolute atomic E-state index is 0.0503. The van der Waals surface area contributed by atoms with Gasteiger partial charge in [0.2, 0.25) is 5.91 Å². The lowest BCUT2D eigenvalue weighted by Gasteiger charge is -2.31. The van der Waals surface area contributed by atoms with Crippen LogP contribution in [0.15, 0.2) is 41.8 Å². The predicted octanol–water partition coefficient (Wildman–Crippen LogP) is 1.96. The van der Waals surface area contributed by atoms with Crippen LogP contribution in [0.5, 0.6) is 0 Å². The van der Waals surface area contributed by atoms with Crippen LogP contribution in [0.4, 0.5) is 0 Å². The van der Waals surface area contributed by atoms with Crippen molar-refractivity contribution in [3.63, 3.8) is 0 Å². The second kappa shape index (κ2) is 5.19. The van der Waals surface area contributed by atoms with Crippen molar-refractivity contribution in [2.24, 2.45) is 12.0 Å². The molecule has 1 aromatic carbocycles. The van der Waals surface area contributed by atoms with Gasteiger partial charge in [0.25, 0.3) is 0 Å². The molecular formula is C18H18N4O. The number of allylic oxidation sites excluding steroid dienone is 1. The highest BCUT2D eigenvalue weighted by Crippen LogP contribution is 2.32. The maximum Gasteiger partial charge on any atom is 0.248 e. The number of hydrogen-bond acceptors (Lipinski definition) is 3. The zero-order chi connectivity index (χ0) is 16.0. The number of amides is 1. The van der Waals surface area contributed by atoms with E-state index in [9.17, 15) is 4.79 Å². The van der Waals surface area contributed by atoms with Crippen LogP contribution in [0.3, 0.4) is 0 Å². The number of carbonyl (C=O) groups excluding carboxylic acids is 1. The first-order valence-electron chi connectivity index (χ1n) is 7.77. The fourth-order valence-corrected chi connectivity index (χ4v) is 3.29. The molecule has 0 aliphatic carbocycles. The van der Waals surface area contributed by atoms with E-state index in [-0.39, 0.29) is 12.5 Å². The maximum atomic E-state index is 12.5. The minimum atomic E-state index is 0.0503. The Balaban J connectivity index is 1.88. The van der Waals surface area contributed by atoms with Crippen LogP contribution in [0.25, 0.3) is 5.70 Å². The van der Waals surface area contributed by atoms with Crippen molar-refractivity contribution >= 4 is 17.3 Å². The van der Waals surface area contributed by atoms with E-state index in [0.717, 1.165) is 29.1 Å². The average Bonchev–Trinajstić information content (AvgIpc) is 2.90. The van der Waals surface area contributed by atoms with E-state index in [0.29, 0.717) is 6.54 Å². The van der Waals surface area contributed by atoms with E-state index in [2.05, 4.69) is 29.0 Å². The quantitative estimate of drug-likeness (QED) is 0.808. The molecule has 1 aromatic heterocycles. The minimum Gasteiger partial charge on any atom is -0.340 e. The summed E-state index contributed by atoms with van der Waals surface area (Å²) in [5, 5.41) is 0. The number of benzene rings is 1. The molecule has 0 atom stereocenters. The lowest BCUT2D eigenvalue weighted by molar-refractivity contribution is -0.126. The van der Waals surface area contributed by atoms with Crippen LogP contribution < -0.4 is 0 Å². The Morgan fingerprint density at radius 3 is 2.91 bits per heavy atom. The van der Waals surface area contributed by atoms with Crippen molar-refractivity contribution in [3.05, 3.63) is 59.2 Å². The van der Waals surface area contributed by atoms with Crippen molar-refractivity contribution in [2.45, 2.75) is 13.3 Å². The Labute approximate surface area is 135 Å². The molecule has 0 N–H and O–H groups in total. The van der Waals surface area contributed by atoms with Gasteiger partial charge in [-0.3, -0.25) is 9.79 Å². The third kappa shape index (κ3) is 2.29. The van der Waals surface area contributed by atoms with Crippen LogP contribution in [-0.2, 0) is 18.3 Å². The maximum absolute atomic E-state index is 12.5. The first-order valence-corrected chi connectivity index (χ1v) is 7.77. The van der Waals surface area contributed by atoms with Crippen molar-refractivity contribution in [2.75, 3.05) is 13.1 Å². The predicted molar refractivity (Wildman–Crippen MR) is 89.2 cm³/mol. The summed E-state index contributed by atoms with van der Waals surface area (Å²) in [7, 11) is 1.93. The highest BCUT2D eigenvalue weighted by atomic mass is 16.2. The zero-order valence-corrected chi connectivity index (χ0v) is 13.3. The van der Waals surface area contributed by atoms with Gasteiger partial charge in [0.1, 0.15) is 12.2 Å². The van der Waals surface area contributed by atoms with Crippen LogP contribution >= 0.6 is 0 Å². The molecule has 2 aromatic rings.